The molecule has 12 nitrogen and oxygen atoms in total. The highest BCUT2D eigenvalue weighted by Gasteiger charge is 2.40. The summed E-state index contributed by atoms with van der Waals surface area (Å²) in [6.45, 7) is 14.0. The van der Waals surface area contributed by atoms with Gasteiger partial charge in [-0.05, 0) is 228 Å². The predicted octanol–water partition coefficient (Wildman–Crippen LogP) is 32.0. The molecule has 0 amide bonds. The van der Waals surface area contributed by atoms with E-state index in [1.54, 1.807) is 37.2 Å². The Morgan fingerprint density at radius 2 is 0.455 bits per heavy atom. The molecule has 0 atom stereocenters. The van der Waals surface area contributed by atoms with Gasteiger partial charge in [0.05, 0.1) is 0 Å². The minimum atomic E-state index is -0.128. The van der Waals surface area contributed by atoms with Gasteiger partial charge in [0.15, 0.2) is 52.4 Å². The van der Waals surface area contributed by atoms with Crippen LogP contribution < -0.4 is 0 Å². The van der Waals surface area contributed by atoms with Crippen molar-refractivity contribution in [3.8, 4) is 203 Å². The van der Waals surface area contributed by atoms with Gasteiger partial charge in [-0.15, -0.1) is 0 Å². The number of nitrogens with zero attached hydrogens (tertiary/aromatic N) is 12. The Morgan fingerprint density at radius 3 is 0.923 bits per heavy atom. The van der Waals surface area contributed by atoms with E-state index < -0.39 is 0 Å². The van der Waals surface area contributed by atoms with Crippen molar-refractivity contribution in [2.24, 2.45) is 0 Å². The van der Waals surface area contributed by atoms with E-state index in [0.29, 0.717) is 52.4 Å². The zero-order valence-corrected chi connectivity index (χ0v) is 79.7. The Balaban J connectivity index is 0.000000116. The van der Waals surface area contributed by atoms with E-state index in [2.05, 4.69) is 427 Å². The summed E-state index contributed by atoms with van der Waals surface area (Å²) in [5, 5.41) is 5.20. The van der Waals surface area contributed by atoms with Crippen molar-refractivity contribution in [1.82, 2.24) is 59.8 Å². The van der Waals surface area contributed by atoms with Gasteiger partial charge in [-0.25, -0.2) is 44.9 Å². The van der Waals surface area contributed by atoms with Crippen molar-refractivity contribution in [3.05, 3.63) is 495 Å². The van der Waals surface area contributed by atoms with Crippen LogP contribution in [0.1, 0.15) is 74.9 Å². The monoisotopic (exact) mass is 1830 g/mol. The van der Waals surface area contributed by atoms with Crippen LogP contribution in [0.25, 0.3) is 224 Å². The van der Waals surface area contributed by atoms with Gasteiger partial charge in [-0.3, -0.25) is 15.0 Å². The van der Waals surface area contributed by atoms with Crippen LogP contribution in [0.3, 0.4) is 0 Å². The van der Waals surface area contributed by atoms with Crippen LogP contribution in [0, 0.1) is 0 Å². The van der Waals surface area contributed by atoms with Gasteiger partial charge in [-0.2, -0.15) is 0 Å². The van der Waals surface area contributed by atoms with Crippen LogP contribution in [0.15, 0.2) is 462 Å². The molecule has 678 valence electrons. The maximum Gasteiger partial charge on any atom is 0.165 e. The van der Waals surface area contributed by atoms with Crippen LogP contribution in [-0.4, -0.2) is 59.8 Å². The Hall–Kier alpha value is -18.3. The SMILES string of the molecule is CC1(C)c2cc(-c3cccc(-c4nc(-c5ccc(-c6ccccc6)cc5)nc(-c5cccnc5)n4)c3)ccc2-c2ccc3ccccc3c21.CC1(C)c2cc(-c3cccc(-c4nc(-c5ccncc5)nc(-c5ccc(-c6ccccc6)cc5)n4)c3)ccc2-c2c1ccc1ccccc21.CC1(C)c2ccccc2-c2cc(-c3cccc(-c4nc(-c5ccc(-c6ccccc6)cc5)nc(-c5cccnc5)n4)c3)ccc21. The normalized spacial score (nSPS) is 12.9. The molecule has 26 rings (SSSR count). The van der Waals surface area contributed by atoms with Gasteiger partial charge >= 0.3 is 0 Å². The second-order valence-electron chi connectivity index (χ2n) is 38.3. The first-order valence-electron chi connectivity index (χ1n) is 48.5. The van der Waals surface area contributed by atoms with Gasteiger partial charge in [0.25, 0.3) is 0 Å². The summed E-state index contributed by atoms with van der Waals surface area (Å²) in [6, 6.07) is 150. The zero-order chi connectivity index (χ0) is 96.3. The molecule has 12 heteroatoms. The Labute approximate surface area is 831 Å². The van der Waals surface area contributed by atoms with Gasteiger partial charge < -0.3 is 0 Å². The number of fused-ring (bicyclic) bond motifs is 13. The Morgan fingerprint density at radius 1 is 0.154 bits per heavy atom. The van der Waals surface area contributed by atoms with Crippen molar-refractivity contribution in [3.63, 3.8) is 0 Å². The van der Waals surface area contributed by atoms with Gasteiger partial charge in [0.1, 0.15) is 0 Å². The highest BCUT2D eigenvalue weighted by atomic mass is 15.1. The Kier molecular flexibility index (Phi) is 22.4. The van der Waals surface area contributed by atoms with E-state index in [9.17, 15) is 0 Å². The Bertz CT molecular complexity index is 8800. The zero-order valence-electron chi connectivity index (χ0n) is 79.7. The van der Waals surface area contributed by atoms with Gasteiger partial charge in [0.2, 0.25) is 0 Å². The van der Waals surface area contributed by atoms with Crippen molar-refractivity contribution in [1.29, 1.82) is 0 Å². The number of benzene rings is 17. The van der Waals surface area contributed by atoms with Gasteiger partial charge in [0, 0.05) is 103 Å². The summed E-state index contributed by atoms with van der Waals surface area (Å²) in [6.07, 6.45) is 10.6. The third-order valence-corrected chi connectivity index (χ3v) is 28.5. The van der Waals surface area contributed by atoms with E-state index in [0.717, 1.165) is 83.5 Å². The molecule has 17 aromatic carbocycles. The number of pyridine rings is 3. The topological polar surface area (TPSA) is 155 Å². The molecule has 0 aliphatic heterocycles. The summed E-state index contributed by atoms with van der Waals surface area (Å²) >= 11 is 0. The third-order valence-electron chi connectivity index (χ3n) is 28.5. The largest absolute Gasteiger partial charge is 0.265 e. The van der Waals surface area contributed by atoms with Gasteiger partial charge in [-0.1, -0.05) is 393 Å². The first kappa shape index (κ1) is 87.5. The van der Waals surface area contributed by atoms with E-state index in [1.807, 2.05) is 54.6 Å². The van der Waals surface area contributed by atoms with Crippen LogP contribution in [0.2, 0.25) is 0 Å². The molecule has 0 unspecified atom stereocenters. The van der Waals surface area contributed by atoms with E-state index in [1.165, 1.54) is 122 Å². The molecule has 143 heavy (non-hydrogen) atoms. The first-order valence-corrected chi connectivity index (χ1v) is 48.5. The molecule has 23 aromatic rings. The standard InChI is InChI=1S/2C45H32N4.C41H30N4/c1-45(2)40-27-34(22-23-38(40)39-24-21-31-12-6-7-16-37(31)41(39)45)33-13-8-14-35(26-33)43-47-42(48-44(49-43)36-15-9-25-46-28-36)32-19-17-30(18-20-32)29-10-4-3-5-11-29;1-45(2)39-22-20-31-11-6-7-14-37(31)41(39)38-21-19-35(28-40(38)45)34-12-8-13-36(27-34)44-48-42(47-43(49-44)33-23-25-46-26-24-33)32-17-15-30(16-18-32)29-9-4-3-5-10-29;1-41(2)36-16-7-6-15-34(36)35-25-31(21-22-37(35)41)30-12-8-13-32(24-30)39-43-38(44-40(45-39)33-14-9-23-42-26-33)29-19-17-28(18-20-29)27-10-4-3-5-11-27/h2*3-28H,1-2H3;3-26H,1-2H3. The summed E-state index contributed by atoms with van der Waals surface area (Å²) in [7, 11) is 0. The summed E-state index contributed by atoms with van der Waals surface area (Å²) < 4.78 is 0. The maximum atomic E-state index is 5.04. The molecular formula is C131H94N12. The number of hydrogen-bond acceptors (Lipinski definition) is 12. The molecule has 0 N–H and O–H groups in total. The van der Waals surface area contributed by atoms with Crippen molar-refractivity contribution >= 4 is 21.5 Å². The molecular weight excluding hydrogens is 1740 g/mol. The fourth-order valence-electron chi connectivity index (χ4n) is 21.0. The second-order valence-corrected chi connectivity index (χ2v) is 38.3. The van der Waals surface area contributed by atoms with Crippen LogP contribution >= 0.6 is 0 Å². The molecule has 0 bridgehead atoms. The molecule has 3 aliphatic carbocycles. The summed E-state index contributed by atoms with van der Waals surface area (Å²) in [5.41, 5.74) is 37.9. The predicted molar refractivity (Wildman–Crippen MR) is 582 cm³/mol. The average molecular weight is 1840 g/mol. The van der Waals surface area contributed by atoms with E-state index >= 15 is 0 Å². The van der Waals surface area contributed by atoms with E-state index in [4.69, 9.17) is 44.9 Å². The molecule has 0 spiro atoms. The summed E-state index contributed by atoms with van der Waals surface area (Å²) in [4.78, 5) is 57.6. The lowest BCUT2D eigenvalue weighted by Gasteiger charge is -2.23. The molecule has 0 fully saturated rings. The molecule has 0 saturated carbocycles. The van der Waals surface area contributed by atoms with Crippen LogP contribution in [-0.2, 0) is 16.2 Å². The fourth-order valence-corrected chi connectivity index (χ4v) is 21.0. The number of rotatable bonds is 15. The highest BCUT2D eigenvalue weighted by Crippen LogP contribution is 2.56. The average Bonchev–Trinajstić information content (AvgIpc) is 1.56. The quantitative estimate of drug-likeness (QED) is 0.0959. The molecule has 0 radical (unpaired) electrons. The number of aromatic nitrogens is 12. The third kappa shape index (κ3) is 16.7. The lowest BCUT2D eigenvalue weighted by Crippen LogP contribution is -2.15. The second kappa shape index (κ2) is 36.6. The summed E-state index contributed by atoms with van der Waals surface area (Å²) in [5.74, 6) is 5.56. The lowest BCUT2D eigenvalue weighted by molar-refractivity contribution is 0.660. The smallest absolute Gasteiger partial charge is 0.165 e. The number of hydrogen-bond donors (Lipinski definition) is 0. The van der Waals surface area contributed by atoms with Crippen molar-refractivity contribution in [2.45, 2.75) is 57.8 Å². The van der Waals surface area contributed by atoms with E-state index in [-0.39, 0.29) is 16.2 Å². The highest BCUT2D eigenvalue weighted by molar-refractivity contribution is 6.04. The molecule has 0 saturated heterocycles. The molecule has 3 aliphatic rings. The molecule has 6 heterocycles. The minimum Gasteiger partial charge on any atom is -0.265 e. The fraction of sp³-hybridized carbons (Fsp3) is 0.0687. The van der Waals surface area contributed by atoms with Crippen molar-refractivity contribution in [2.75, 3.05) is 0 Å². The lowest BCUT2D eigenvalue weighted by atomic mass is 9.79. The van der Waals surface area contributed by atoms with Crippen molar-refractivity contribution < 1.29 is 0 Å². The van der Waals surface area contributed by atoms with Crippen LogP contribution in [0.4, 0.5) is 0 Å². The van der Waals surface area contributed by atoms with Crippen LogP contribution in [0.5, 0.6) is 0 Å². The maximum absolute atomic E-state index is 5.04. The minimum absolute atomic E-state index is 0.0183. The molecule has 6 aromatic heterocycles. The first-order chi connectivity index (χ1) is 70.1.